The molecule has 0 aliphatic carbocycles. The number of rotatable bonds is 3. The van der Waals surface area contributed by atoms with Gasteiger partial charge in [-0.1, -0.05) is 6.08 Å². The maximum absolute atomic E-state index is 8.28. The summed E-state index contributed by atoms with van der Waals surface area (Å²) in [5.41, 5.74) is 0. The molecule has 0 saturated heterocycles. The molecule has 0 amide bonds. The van der Waals surface area contributed by atoms with Crippen molar-refractivity contribution in [3.05, 3.63) is 12.7 Å². The minimum absolute atomic E-state index is 0.248. The van der Waals surface area contributed by atoms with Crippen LogP contribution in [0.3, 0.4) is 0 Å². The monoisotopic (exact) mass is 134 g/mol. The summed E-state index contributed by atoms with van der Waals surface area (Å²) in [7, 11) is -2.82. The van der Waals surface area contributed by atoms with Crippen molar-refractivity contribution in [3.8, 4) is 0 Å². The Morgan fingerprint density at radius 3 is 2.38 bits per heavy atom. The summed E-state index contributed by atoms with van der Waals surface area (Å²) in [6.07, 6.45) is 1.26. The lowest BCUT2D eigenvalue weighted by molar-refractivity contribution is 0.158. The molecule has 48 valence electrons. The fourth-order valence-corrected chi connectivity index (χ4v) is 0.743. The fraction of sp³-hybridized carbons (Fsp3) is 0.500. The Bertz CT molecular complexity index is 73.7. The van der Waals surface area contributed by atoms with Gasteiger partial charge in [0.1, 0.15) is 0 Å². The zero-order chi connectivity index (χ0) is 6.57. The van der Waals surface area contributed by atoms with Crippen molar-refractivity contribution in [2.75, 3.05) is 0 Å². The van der Waals surface area contributed by atoms with E-state index in [1.165, 1.54) is 6.08 Å². The molecule has 8 heavy (non-hydrogen) atoms. The van der Waals surface area contributed by atoms with Crippen LogP contribution in [0.2, 0.25) is 0 Å². The zero-order valence-corrected chi connectivity index (χ0v) is 5.90. The van der Waals surface area contributed by atoms with Gasteiger partial charge in [0.15, 0.2) is 0 Å². The van der Waals surface area contributed by atoms with Gasteiger partial charge in [-0.05, 0) is 6.92 Å². The van der Waals surface area contributed by atoms with E-state index in [9.17, 15) is 0 Å². The van der Waals surface area contributed by atoms with Crippen molar-refractivity contribution in [3.63, 3.8) is 0 Å². The normalized spacial score (nSPS) is 14.0. The number of hydrogen-bond acceptors (Lipinski definition) is 3. The molecule has 2 N–H and O–H groups in total. The topological polar surface area (TPSA) is 49.7 Å². The second-order valence-corrected chi connectivity index (χ2v) is 2.33. The maximum atomic E-state index is 8.28. The van der Waals surface area contributed by atoms with E-state index in [1.54, 1.807) is 6.92 Å². The van der Waals surface area contributed by atoms with Gasteiger partial charge in [-0.3, -0.25) is 0 Å². The standard InChI is InChI=1S/C4H10O3Si/c1-3-4(2)7-8(5)6/h3-6,8H,1H2,2H3. The van der Waals surface area contributed by atoms with E-state index in [-0.39, 0.29) is 6.10 Å². The molecule has 0 aromatic rings. The molecule has 0 spiro atoms. The van der Waals surface area contributed by atoms with Crippen molar-refractivity contribution >= 4 is 9.53 Å². The molecule has 0 aliphatic rings. The van der Waals surface area contributed by atoms with E-state index in [4.69, 9.17) is 9.59 Å². The second kappa shape index (κ2) is 3.79. The van der Waals surface area contributed by atoms with Crippen molar-refractivity contribution in [2.45, 2.75) is 13.0 Å². The van der Waals surface area contributed by atoms with E-state index in [0.717, 1.165) is 0 Å². The third-order valence-electron chi connectivity index (χ3n) is 0.668. The predicted molar refractivity (Wildman–Crippen MR) is 32.3 cm³/mol. The van der Waals surface area contributed by atoms with Crippen LogP contribution in [0.5, 0.6) is 0 Å². The molecular weight excluding hydrogens is 124 g/mol. The molecule has 1 atom stereocenters. The summed E-state index contributed by atoms with van der Waals surface area (Å²) in [4.78, 5) is 16.6. The third kappa shape index (κ3) is 4.01. The quantitative estimate of drug-likeness (QED) is 0.395. The second-order valence-electron chi connectivity index (χ2n) is 1.40. The lowest BCUT2D eigenvalue weighted by Crippen LogP contribution is -2.21. The largest absolute Gasteiger partial charge is 0.479 e. The summed E-state index contributed by atoms with van der Waals surface area (Å²) >= 11 is 0. The lowest BCUT2D eigenvalue weighted by atomic mass is 10.4. The van der Waals surface area contributed by atoms with Crippen molar-refractivity contribution < 1.29 is 14.0 Å². The zero-order valence-electron chi connectivity index (χ0n) is 4.74. The Labute approximate surface area is 50.2 Å². The van der Waals surface area contributed by atoms with E-state index >= 15 is 0 Å². The highest BCUT2D eigenvalue weighted by molar-refractivity contribution is 6.32. The van der Waals surface area contributed by atoms with Crippen LogP contribution in [0.4, 0.5) is 0 Å². The molecule has 0 heterocycles. The summed E-state index contributed by atoms with van der Waals surface area (Å²) in [6.45, 7) is 5.08. The first-order valence-electron chi connectivity index (χ1n) is 2.31. The smallest absolute Gasteiger partial charge is 0.392 e. The van der Waals surface area contributed by atoms with Gasteiger partial charge in [0.25, 0.3) is 0 Å². The van der Waals surface area contributed by atoms with Crippen molar-refractivity contribution in [2.24, 2.45) is 0 Å². The Kier molecular flexibility index (Phi) is 3.72. The molecule has 3 nitrogen and oxygen atoms in total. The predicted octanol–water partition coefficient (Wildman–Crippen LogP) is -0.721. The average Bonchev–Trinajstić information content (AvgIpc) is 1.65. The summed E-state index contributed by atoms with van der Waals surface area (Å²) in [5.74, 6) is 0. The van der Waals surface area contributed by atoms with E-state index < -0.39 is 9.53 Å². The first-order valence-corrected chi connectivity index (χ1v) is 3.81. The highest BCUT2D eigenvalue weighted by Crippen LogP contribution is 1.89. The minimum atomic E-state index is -2.82. The number of hydrogen-bond donors (Lipinski definition) is 2. The molecule has 0 bridgehead atoms. The Morgan fingerprint density at radius 2 is 2.25 bits per heavy atom. The van der Waals surface area contributed by atoms with Crippen molar-refractivity contribution in [1.29, 1.82) is 0 Å². The third-order valence-corrected chi connectivity index (χ3v) is 1.34. The van der Waals surface area contributed by atoms with Crippen LogP contribution in [0.1, 0.15) is 6.92 Å². The van der Waals surface area contributed by atoms with Crippen LogP contribution in [0.15, 0.2) is 12.7 Å². The first-order chi connectivity index (χ1) is 3.66. The van der Waals surface area contributed by atoms with E-state index in [0.29, 0.717) is 0 Å². The van der Waals surface area contributed by atoms with Crippen molar-refractivity contribution in [1.82, 2.24) is 0 Å². The van der Waals surface area contributed by atoms with Gasteiger partial charge >= 0.3 is 9.53 Å². The Balaban J connectivity index is 3.23. The van der Waals surface area contributed by atoms with Gasteiger partial charge in [-0.2, -0.15) is 0 Å². The molecular formula is C4H10O3Si. The summed E-state index contributed by atoms with van der Waals surface area (Å²) in [6, 6.07) is 0. The van der Waals surface area contributed by atoms with Gasteiger partial charge in [-0.25, -0.2) is 0 Å². The van der Waals surface area contributed by atoms with Gasteiger partial charge in [-0.15, -0.1) is 6.58 Å². The molecule has 0 aromatic heterocycles. The summed E-state index contributed by atoms with van der Waals surface area (Å²) in [5, 5.41) is 0. The highest BCUT2D eigenvalue weighted by atomic mass is 28.3. The Hall–Kier alpha value is -0.163. The molecule has 4 heteroatoms. The van der Waals surface area contributed by atoms with Crippen LogP contribution >= 0.6 is 0 Å². The Morgan fingerprint density at radius 1 is 1.75 bits per heavy atom. The lowest BCUT2D eigenvalue weighted by Gasteiger charge is -2.06. The SMILES string of the molecule is C=CC(C)O[SiH](O)O. The molecule has 0 saturated carbocycles. The van der Waals surface area contributed by atoms with Gasteiger partial charge in [0, 0.05) is 0 Å². The van der Waals surface area contributed by atoms with E-state index in [2.05, 4.69) is 11.0 Å². The van der Waals surface area contributed by atoms with Crippen LogP contribution in [0.25, 0.3) is 0 Å². The molecule has 0 aliphatic heterocycles. The van der Waals surface area contributed by atoms with Gasteiger partial charge < -0.3 is 14.0 Å². The van der Waals surface area contributed by atoms with Crippen LogP contribution in [0, 0.1) is 0 Å². The molecule has 0 fully saturated rings. The highest BCUT2D eigenvalue weighted by Gasteiger charge is 2.04. The first kappa shape index (κ1) is 7.84. The van der Waals surface area contributed by atoms with Crippen LogP contribution in [-0.2, 0) is 4.43 Å². The summed E-state index contributed by atoms with van der Waals surface area (Å²) < 4.78 is 4.53. The molecule has 0 aromatic carbocycles. The molecule has 1 unspecified atom stereocenters. The average molecular weight is 134 g/mol. The molecule has 0 radical (unpaired) electrons. The van der Waals surface area contributed by atoms with Gasteiger partial charge in [0.2, 0.25) is 0 Å². The fourth-order valence-electron chi connectivity index (χ4n) is 0.248. The minimum Gasteiger partial charge on any atom is -0.392 e. The van der Waals surface area contributed by atoms with Crippen LogP contribution < -0.4 is 0 Å². The molecule has 0 rings (SSSR count). The van der Waals surface area contributed by atoms with Crippen LogP contribution in [-0.4, -0.2) is 25.2 Å². The van der Waals surface area contributed by atoms with E-state index in [1.807, 2.05) is 0 Å². The van der Waals surface area contributed by atoms with Gasteiger partial charge in [0.05, 0.1) is 6.10 Å². The maximum Gasteiger partial charge on any atom is 0.479 e.